The Morgan fingerprint density at radius 2 is 2.33 bits per heavy atom. The highest BCUT2D eigenvalue weighted by Gasteiger charge is 2.35. The van der Waals surface area contributed by atoms with E-state index in [1.807, 2.05) is 0 Å². The molecular weight excluding hydrogens is 154 g/mol. The van der Waals surface area contributed by atoms with Gasteiger partial charge in [-0.15, -0.1) is 0 Å². The maximum atomic E-state index is 11.3. The van der Waals surface area contributed by atoms with Crippen molar-refractivity contribution in [3.8, 4) is 0 Å². The molecule has 0 bridgehead atoms. The summed E-state index contributed by atoms with van der Waals surface area (Å²) in [5, 5.41) is 11.6. The van der Waals surface area contributed by atoms with E-state index in [-0.39, 0.29) is 18.4 Å². The fourth-order valence-electron chi connectivity index (χ4n) is 1.87. The topological polar surface area (TPSA) is 49.3 Å². The molecule has 1 aliphatic heterocycles. The summed E-state index contributed by atoms with van der Waals surface area (Å²) in [6.07, 6.45) is 0.606. The van der Waals surface area contributed by atoms with Crippen LogP contribution in [0, 0.1) is 17.8 Å². The smallest absolute Gasteiger partial charge is 0.223 e. The number of aliphatic hydroxyl groups is 1. The van der Waals surface area contributed by atoms with Gasteiger partial charge in [0, 0.05) is 19.1 Å². The summed E-state index contributed by atoms with van der Waals surface area (Å²) >= 11 is 0. The second-order valence-electron chi connectivity index (χ2n) is 3.77. The summed E-state index contributed by atoms with van der Waals surface area (Å²) in [4.78, 5) is 11.3. The Balaban J connectivity index is 2.57. The molecule has 1 aliphatic rings. The molecule has 12 heavy (non-hydrogen) atoms. The van der Waals surface area contributed by atoms with Crippen molar-refractivity contribution in [1.82, 2.24) is 5.32 Å². The Hall–Kier alpha value is -0.570. The number of carbonyl (C=O) groups is 1. The second-order valence-corrected chi connectivity index (χ2v) is 3.77. The summed E-state index contributed by atoms with van der Waals surface area (Å²) < 4.78 is 0. The zero-order chi connectivity index (χ0) is 9.14. The van der Waals surface area contributed by atoms with Crippen molar-refractivity contribution < 1.29 is 9.90 Å². The van der Waals surface area contributed by atoms with Crippen molar-refractivity contribution in [1.29, 1.82) is 0 Å². The lowest BCUT2D eigenvalue weighted by atomic mass is 9.84. The third-order valence-electron chi connectivity index (χ3n) is 2.66. The predicted octanol–water partition coefficient (Wildman–Crippen LogP) is 0.387. The first-order chi connectivity index (χ1) is 5.66. The average molecular weight is 171 g/mol. The molecule has 1 rings (SSSR count). The van der Waals surface area contributed by atoms with Gasteiger partial charge in [0.05, 0.1) is 0 Å². The van der Waals surface area contributed by atoms with Crippen LogP contribution in [0.2, 0.25) is 0 Å². The fourth-order valence-corrected chi connectivity index (χ4v) is 1.87. The molecule has 2 unspecified atom stereocenters. The van der Waals surface area contributed by atoms with Crippen LogP contribution in [0.1, 0.15) is 20.3 Å². The van der Waals surface area contributed by atoms with Crippen molar-refractivity contribution in [2.24, 2.45) is 17.8 Å². The highest BCUT2D eigenvalue weighted by molar-refractivity contribution is 5.81. The van der Waals surface area contributed by atoms with Crippen LogP contribution < -0.4 is 5.32 Å². The Kier molecular flexibility index (Phi) is 3.09. The normalized spacial score (nSPS) is 29.5. The van der Waals surface area contributed by atoms with E-state index in [4.69, 9.17) is 5.11 Å². The molecule has 0 saturated carbocycles. The standard InChI is InChI=1S/C9H17NO2/c1-6(2)8-5-10-9(12)7(8)3-4-11/h6-8,11H,3-5H2,1-2H3,(H,10,12). The molecule has 0 aromatic heterocycles. The number of hydrogen-bond donors (Lipinski definition) is 2. The summed E-state index contributed by atoms with van der Waals surface area (Å²) in [5.74, 6) is 1.07. The summed E-state index contributed by atoms with van der Waals surface area (Å²) in [7, 11) is 0. The van der Waals surface area contributed by atoms with Gasteiger partial charge in [0.25, 0.3) is 0 Å². The summed E-state index contributed by atoms with van der Waals surface area (Å²) in [6, 6.07) is 0. The van der Waals surface area contributed by atoms with Gasteiger partial charge in [-0.25, -0.2) is 0 Å². The maximum absolute atomic E-state index is 11.3. The van der Waals surface area contributed by atoms with Crippen molar-refractivity contribution >= 4 is 5.91 Å². The highest BCUT2D eigenvalue weighted by atomic mass is 16.3. The molecule has 3 nitrogen and oxygen atoms in total. The first-order valence-corrected chi connectivity index (χ1v) is 4.55. The number of carbonyl (C=O) groups excluding carboxylic acids is 1. The van der Waals surface area contributed by atoms with Crippen molar-refractivity contribution in [3.05, 3.63) is 0 Å². The van der Waals surface area contributed by atoms with Crippen LogP contribution in [0.3, 0.4) is 0 Å². The van der Waals surface area contributed by atoms with Gasteiger partial charge in [-0.3, -0.25) is 4.79 Å². The molecular formula is C9H17NO2. The van der Waals surface area contributed by atoms with Crippen LogP contribution in [-0.2, 0) is 4.79 Å². The van der Waals surface area contributed by atoms with Gasteiger partial charge in [-0.05, 0) is 18.3 Å². The van der Waals surface area contributed by atoms with E-state index in [9.17, 15) is 4.79 Å². The molecule has 0 aliphatic carbocycles. The molecule has 70 valence electrons. The van der Waals surface area contributed by atoms with Gasteiger partial charge in [-0.2, -0.15) is 0 Å². The number of amides is 1. The van der Waals surface area contributed by atoms with Gasteiger partial charge in [0.15, 0.2) is 0 Å². The monoisotopic (exact) mass is 171 g/mol. The van der Waals surface area contributed by atoms with Gasteiger partial charge in [0.1, 0.15) is 0 Å². The summed E-state index contributed by atoms with van der Waals surface area (Å²) in [5.41, 5.74) is 0. The third-order valence-corrected chi connectivity index (χ3v) is 2.66. The molecule has 1 saturated heterocycles. The zero-order valence-corrected chi connectivity index (χ0v) is 7.71. The third kappa shape index (κ3) is 1.78. The van der Waals surface area contributed by atoms with Crippen LogP contribution >= 0.6 is 0 Å². The van der Waals surface area contributed by atoms with Gasteiger partial charge in [-0.1, -0.05) is 13.8 Å². The van der Waals surface area contributed by atoms with E-state index in [0.29, 0.717) is 18.3 Å². The van der Waals surface area contributed by atoms with Crippen molar-refractivity contribution in [2.45, 2.75) is 20.3 Å². The quantitative estimate of drug-likeness (QED) is 0.645. The number of hydrogen-bond acceptors (Lipinski definition) is 2. The summed E-state index contributed by atoms with van der Waals surface area (Å²) in [6.45, 7) is 5.13. The first-order valence-electron chi connectivity index (χ1n) is 4.55. The Bertz CT molecular complexity index is 168. The molecule has 3 heteroatoms. The largest absolute Gasteiger partial charge is 0.396 e. The van der Waals surface area contributed by atoms with Gasteiger partial charge in [0.2, 0.25) is 5.91 Å². The highest BCUT2D eigenvalue weighted by Crippen LogP contribution is 2.27. The average Bonchev–Trinajstić information content (AvgIpc) is 2.34. The van der Waals surface area contributed by atoms with Crippen molar-refractivity contribution in [2.75, 3.05) is 13.2 Å². The molecule has 1 heterocycles. The van der Waals surface area contributed by atoms with Crippen LogP contribution in [0.4, 0.5) is 0 Å². The lowest BCUT2D eigenvalue weighted by Crippen LogP contribution is -2.22. The Labute approximate surface area is 73.2 Å². The number of rotatable bonds is 3. The molecule has 1 amide bonds. The minimum Gasteiger partial charge on any atom is -0.396 e. The number of aliphatic hydroxyl groups excluding tert-OH is 1. The molecule has 2 atom stereocenters. The predicted molar refractivity (Wildman–Crippen MR) is 46.5 cm³/mol. The van der Waals surface area contributed by atoms with E-state index in [0.717, 1.165) is 6.54 Å². The van der Waals surface area contributed by atoms with Crippen LogP contribution in [0.25, 0.3) is 0 Å². The molecule has 0 aromatic carbocycles. The molecule has 0 aromatic rings. The molecule has 1 fully saturated rings. The Morgan fingerprint density at radius 3 is 2.83 bits per heavy atom. The van der Waals surface area contributed by atoms with Gasteiger partial charge < -0.3 is 10.4 Å². The zero-order valence-electron chi connectivity index (χ0n) is 7.71. The van der Waals surface area contributed by atoms with Crippen LogP contribution in [-0.4, -0.2) is 24.2 Å². The van der Waals surface area contributed by atoms with E-state index in [1.165, 1.54) is 0 Å². The van der Waals surface area contributed by atoms with E-state index in [1.54, 1.807) is 0 Å². The lowest BCUT2D eigenvalue weighted by molar-refractivity contribution is -0.123. The maximum Gasteiger partial charge on any atom is 0.223 e. The number of nitrogens with one attached hydrogen (secondary N) is 1. The molecule has 2 N–H and O–H groups in total. The SMILES string of the molecule is CC(C)C1CNC(=O)C1CCO. The molecule has 0 spiro atoms. The minimum atomic E-state index is 0.0370. The second kappa shape index (κ2) is 3.90. The molecule has 0 radical (unpaired) electrons. The van der Waals surface area contributed by atoms with E-state index < -0.39 is 0 Å². The van der Waals surface area contributed by atoms with Crippen LogP contribution in [0.15, 0.2) is 0 Å². The van der Waals surface area contributed by atoms with Crippen molar-refractivity contribution in [3.63, 3.8) is 0 Å². The first kappa shape index (κ1) is 9.52. The minimum absolute atomic E-state index is 0.0370. The van der Waals surface area contributed by atoms with Crippen LogP contribution in [0.5, 0.6) is 0 Å². The lowest BCUT2D eigenvalue weighted by Gasteiger charge is -2.18. The Morgan fingerprint density at radius 1 is 1.67 bits per heavy atom. The fraction of sp³-hybridized carbons (Fsp3) is 0.889. The van der Waals surface area contributed by atoms with E-state index in [2.05, 4.69) is 19.2 Å². The van der Waals surface area contributed by atoms with Gasteiger partial charge >= 0.3 is 0 Å². The van der Waals surface area contributed by atoms with E-state index >= 15 is 0 Å².